The zero-order valence-corrected chi connectivity index (χ0v) is 14.9. The average molecular weight is 323 g/mol. The molecule has 0 radical (unpaired) electrons. The molecule has 1 N–H and O–H groups in total. The quantitative estimate of drug-likeness (QED) is 0.891. The van der Waals surface area contributed by atoms with Crippen molar-refractivity contribution in [3.63, 3.8) is 0 Å². The number of hydrogen-bond donors (Lipinski definition) is 1. The van der Waals surface area contributed by atoms with Crippen LogP contribution in [0.4, 0.5) is 4.79 Å². The van der Waals surface area contributed by atoms with Crippen LogP contribution in [0.3, 0.4) is 0 Å². The Morgan fingerprint density at radius 3 is 2.83 bits per heavy atom. The van der Waals surface area contributed by atoms with Gasteiger partial charge >= 0.3 is 6.09 Å². The average Bonchev–Trinajstić information content (AvgIpc) is 3.06. The van der Waals surface area contributed by atoms with Crippen molar-refractivity contribution in [2.45, 2.75) is 52.2 Å². The van der Waals surface area contributed by atoms with Gasteiger partial charge in [-0.1, -0.05) is 6.92 Å². The molecular formula is C16H29N5O2. The first-order valence-corrected chi connectivity index (χ1v) is 8.34. The lowest BCUT2D eigenvalue weighted by Gasteiger charge is -2.26. The Morgan fingerprint density at radius 2 is 2.26 bits per heavy atom. The Labute approximate surface area is 138 Å². The largest absolute Gasteiger partial charge is 0.444 e. The fourth-order valence-electron chi connectivity index (χ4n) is 2.98. The number of amides is 1. The van der Waals surface area contributed by atoms with Gasteiger partial charge in [-0.05, 0) is 39.7 Å². The molecule has 23 heavy (non-hydrogen) atoms. The fraction of sp³-hybridized carbons (Fsp3) is 0.812. The summed E-state index contributed by atoms with van der Waals surface area (Å²) < 4.78 is 7.29. The normalized spacial score (nSPS) is 19.9. The van der Waals surface area contributed by atoms with Gasteiger partial charge < -0.3 is 15.0 Å². The lowest BCUT2D eigenvalue weighted by Crippen LogP contribution is -2.41. The van der Waals surface area contributed by atoms with Gasteiger partial charge in [-0.3, -0.25) is 4.68 Å². The molecule has 2 rings (SSSR count). The van der Waals surface area contributed by atoms with E-state index >= 15 is 0 Å². The SMILES string of the molecule is CCNC(Cc1ncnn1C)C1CCN(C(=O)OC(C)(C)C)C1. The Bertz CT molecular complexity index is 523. The first kappa shape index (κ1) is 17.7. The van der Waals surface area contributed by atoms with Crippen molar-refractivity contribution in [2.24, 2.45) is 13.0 Å². The number of nitrogens with one attached hydrogen (secondary N) is 1. The number of aryl methyl sites for hydroxylation is 1. The first-order valence-electron chi connectivity index (χ1n) is 8.34. The molecule has 0 aromatic carbocycles. The summed E-state index contributed by atoms with van der Waals surface area (Å²) >= 11 is 0. The van der Waals surface area contributed by atoms with E-state index in [0.29, 0.717) is 5.92 Å². The molecule has 0 bridgehead atoms. The van der Waals surface area contributed by atoms with Crippen molar-refractivity contribution < 1.29 is 9.53 Å². The second-order valence-corrected chi connectivity index (χ2v) is 7.14. The zero-order chi connectivity index (χ0) is 17.0. The number of hydrogen-bond acceptors (Lipinski definition) is 5. The van der Waals surface area contributed by atoms with Crippen LogP contribution in [0.1, 0.15) is 39.9 Å². The minimum atomic E-state index is -0.450. The van der Waals surface area contributed by atoms with Crippen molar-refractivity contribution in [1.82, 2.24) is 25.0 Å². The summed E-state index contributed by atoms with van der Waals surface area (Å²) in [6.07, 6.45) is 3.17. The Morgan fingerprint density at radius 1 is 1.52 bits per heavy atom. The van der Waals surface area contributed by atoms with Gasteiger partial charge in [0, 0.05) is 32.6 Å². The van der Waals surface area contributed by atoms with Crippen molar-refractivity contribution in [3.8, 4) is 0 Å². The number of likely N-dealkylation sites (tertiary alicyclic amines) is 1. The number of ether oxygens (including phenoxy) is 1. The van der Waals surface area contributed by atoms with E-state index in [-0.39, 0.29) is 12.1 Å². The molecular weight excluding hydrogens is 294 g/mol. The van der Waals surface area contributed by atoms with E-state index in [9.17, 15) is 4.79 Å². The molecule has 0 aliphatic carbocycles. The first-order chi connectivity index (χ1) is 10.8. The summed E-state index contributed by atoms with van der Waals surface area (Å²) in [7, 11) is 1.91. The monoisotopic (exact) mass is 323 g/mol. The maximum absolute atomic E-state index is 12.2. The molecule has 2 unspecified atom stereocenters. The van der Waals surface area contributed by atoms with Gasteiger partial charge in [0.05, 0.1) is 0 Å². The predicted octanol–water partition coefficient (Wildman–Crippen LogP) is 1.59. The van der Waals surface area contributed by atoms with Crippen LogP contribution in [0, 0.1) is 5.92 Å². The zero-order valence-electron chi connectivity index (χ0n) is 14.9. The molecule has 1 amide bonds. The molecule has 130 valence electrons. The van der Waals surface area contributed by atoms with E-state index in [1.54, 1.807) is 6.33 Å². The highest BCUT2D eigenvalue weighted by molar-refractivity contribution is 5.68. The smallest absolute Gasteiger partial charge is 0.410 e. The highest BCUT2D eigenvalue weighted by Crippen LogP contribution is 2.23. The second kappa shape index (κ2) is 7.29. The molecule has 1 aliphatic heterocycles. The van der Waals surface area contributed by atoms with Crippen molar-refractivity contribution >= 4 is 6.09 Å². The van der Waals surface area contributed by atoms with Crippen LogP contribution in [0.5, 0.6) is 0 Å². The van der Waals surface area contributed by atoms with Crippen molar-refractivity contribution in [1.29, 1.82) is 0 Å². The third-order valence-electron chi connectivity index (χ3n) is 4.12. The van der Waals surface area contributed by atoms with Crippen LogP contribution in [-0.4, -0.2) is 57.0 Å². The molecule has 1 aliphatic rings. The third kappa shape index (κ3) is 4.92. The minimum absolute atomic E-state index is 0.214. The van der Waals surface area contributed by atoms with Gasteiger partial charge in [0.2, 0.25) is 0 Å². The molecule has 7 nitrogen and oxygen atoms in total. The van der Waals surface area contributed by atoms with E-state index in [4.69, 9.17) is 4.74 Å². The Balaban J connectivity index is 1.96. The van der Waals surface area contributed by atoms with Gasteiger partial charge in [0.1, 0.15) is 17.8 Å². The summed E-state index contributed by atoms with van der Waals surface area (Å²) in [6, 6.07) is 0.287. The minimum Gasteiger partial charge on any atom is -0.444 e. The summed E-state index contributed by atoms with van der Waals surface area (Å²) in [5.74, 6) is 1.37. The number of likely N-dealkylation sites (N-methyl/N-ethyl adjacent to an activating group) is 1. The van der Waals surface area contributed by atoms with Crippen LogP contribution in [0.15, 0.2) is 6.33 Å². The van der Waals surface area contributed by atoms with Crippen LogP contribution < -0.4 is 5.32 Å². The van der Waals surface area contributed by atoms with Crippen LogP contribution >= 0.6 is 0 Å². The number of carbonyl (C=O) groups excluding carboxylic acids is 1. The maximum atomic E-state index is 12.2. The highest BCUT2D eigenvalue weighted by Gasteiger charge is 2.34. The van der Waals surface area contributed by atoms with Crippen LogP contribution in [-0.2, 0) is 18.2 Å². The van der Waals surface area contributed by atoms with Gasteiger partial charge in [-0.25, -0.2) is 9.78 Å². The van der Waals surface area contributed by atoms with Gasteiger partial charge in [-0.15, -0.1) is 0 Å². The molecule has 1 aromatic rings. The van der Waals surface area contributed by atoms with Gasteiger partial charge in [0.15, 0.2) is 0 Å². The number of aromatic nitrogens is 3. The lowest BCUT2D eigenvalue weighted by atomic mass is 9.95. The summed E-state index contributed by atoms with van der Waals surface area (Å²) in [4.78, 5) is 18.3. The van der Waals surface area contributed by atoms with E-state index in [0.717, 1.165) is 38.3 Å². The summed E-state index contributed by atoms with van der Waals surface area (Å²) in [5.41, 5.74) is -0.450. The Hall–Kier alpha value is -1.63. The van der Waals surface area contributed by atoms with Crippen molar-refractivity contribution in [3.05, 3.63) is 12.2 Å². The van der Waals surface area contributed by atoms with Crippen LogP contribution in [0.2, 0.25) is 0 Å². The molecule has 1 aromatic heterocycles. The maximum Gasteiger partial charge on any atom is 0.410 e. The number of nitrogens with zero attached hydrogens (tertiary/aromatic N) is 4. The molecule has 1 saturated heterocycles. The van der Waals surface area contributed by atoms with Gasteiger partial charge in [-0.2, -0.15) is 5.10 Å². The molecule has 0 spiro atoms. The molecule has 0 saturated carbocycles. The topological polar surface area (TPSA) is 72.3 Å². The Kier molecular flexibility index (Phi) is 5.62. The lowest BCUT2D eigenvalue weighted by molar-refractivity contribution is 0.0285. The molecule has 7 heteroatoms. The van der Waals surface area contributed by atoms with Gasteiger partial charge in [0.25, 0.3) is 0 Å². The van der Waals surface area contributed by atoms with E-state index in [1.807, 2.05) is 37.4 Å². The fourth-order valence-corrected chi connectivity index (χ4v) is 2.98. The molecule has 2 heterocycles. The standard InChI is InChI=1S/C16H29N5O2/c1-6-17-13(9-14-18-11-19-20(14)5)12-7-8-21(10-12)15(22)23-16(2,3)4/h11-13,17H,6-10H2,1-5H3. The second-order valence-electron chi connectivity index (χ2n) is 7.14. The summed E-state index contributed by atoms with van der Waals surface area (Å²) in [5, 5.41) is 7.67. The summed E-state index contributed by atoms with van der Waals surface area (Å²) in [6.45, 7) is 10.2. The van der Waals surface area contributed by atoms with E-state index < -0.39 is 5.60 Å². The van der Waals surface area contributed by atoms with Crippen molar-refractivity contribution in [2.75, 3.05) is 19.6 Å². The predicted molar refractivity (Wildman–Crippen MR) is 88.1 cm³/mol. The molecule has 1 fully saturated rings. The number of rotatable bonds is 5. The third-order valence-corrected chi connectivity index (χ3v) is 4.12. The van der Waals surface area contributed by atoms with E-state index in [2.05, 4.69) is 22.3 Å². The van der Waals surface area contributed by atoms with E-state index in [1.165, 1.54) is 0 Å². The molecule has 2 atom stereocenters. The highest BCUT2D eigenvalue weighted by atomic mass is 16.6. The number of carbonyl (C=O) groups is 1. The van der Waals surface area contributed by atoms with Crippen LogP contribution in [0.25, 0.3) is 0 Å².